The number of nitrogens with one attached hydrogen (secondary N) is 9. The van der Waals surface area contributed by atoms with Crippen molar-refractivity contribution in [3.05, 3.63) is 71.9 Å². The van der Waals surface area contributed by atoms with Crippen LogP contribution in [0.3, 0.4) is 0 Å². The lowest BCUT2D eigenvalue weighted by atomic mass is 10.0. The molecule has 1 aliphatic heterocycles. The Labute approximate surface area is 438 Å². The molecule has 8 amide bonds. The molecule has 414 valence electrons. The van der Waals surface area contributed by atoms with E-state index in [4.69, 9.17) is 28.7 Å². The number of aromatic nitrogens is 1. The molecule has 1 unspecified atom stereocenters. The molecule has 4 rings (SSSR count). The van der Waals surface area contributed by atoms with Gasteiger partial charge < -0.3 is 81.1 Å². The Kier molecular flexibility index (Phi) is 24.4. The van der Waals surface area contributed by atoms with Gasteiger partial charge in [0.15, 0.2) is 11.9 Å². The summed E-state index contributed by atoms with van der Waals surface area (Å²) in [5.74, 6) is -8.61. The standard InChI is InChI=1S/C49H72N16O11/c1-27(66)59-33(16-9-21-56-48(51)52)42(71)65-38-25-39(67)55-20-8-7-15-32(41(50)70)60-46(75)37(24-29-26-58-31-14-6-5-13-30(29)31)64-43(72)34(17-10-22-57-49(53)54)61-45(74)36(23-28-11-3-2-4-12-28)63-44(73)35(62-47(38)76)18-19-40(68)69/h2-6,11-14,26,32-38,43,58,64,72H,7-10,15-25H2,1H3,(H2,50,70)(H,55,67)(H,59,66)(H,60,75)(H,61,74)(H,62,76)(H,63,73)(H,65,71)(H,68,69)(H4,51,52,56)(H4,53,54,57)/t32-,33-,34-,35-,36+,37-,38-,43?/m0/s1. The summed E-state index contributed by atoms with van der Waals surface area (Å²) in [7, 11) is 0. The summed E-state index contributed by atoms with van der Waals surface area (Å²) in [6.45, 7) is 1.29. The van der Waals surface area contributed by atoms with Crippen LogP contribution >= 0.6 is 0 Å². The normalized spacial score (nSPS) is 22.0. The molecule has 27 heteroatoms. The van der Waals surface area contributed by atoms with Crippen LogP contribution in [-0.2, 0) is 56.0 Å². The van der Waals surface area contributed by atoms with Gasteiger partial charge in [-0.05, 0) is 75.0 Å². The summed E-state index contributed by atoms with van der Waals surface area (Å²) in [5, 5.41) is 43.6. The van der Waals surface area contributed by atoms with Gasteiger partial charge in [0.25, 0.3) is 0 Å². The van der Waals surface area contributed by atoms with Gasteiger partial charge in [0, 0.05) is 56.5 Å². The minimum atomic E-state index is -1.73. The van der Waals surface area contributed by atoms with E-state index in [2.05, 4.69) is 57.5 Å². The summed E-state index contributed by atoms with van der Waals surface area (Å²) in [6, 6.07) is 5.91. The van der Waals surface area contributed by atoms with Crippen LogP contribution in [0, 0.1) is 0 Å². The minimum Gasteiger partial charge on any atom is -0.481 e. The van der Waals surface area contributed by atoms with Crippen LogP contribution < -0.4 is 71.2 Å². The van der Waals surface area contributed by atoms with Crippen molar-refractivity contribution in [3.63, 3.8) is 0 Å². The number of aliphatic imine (C=N–C) groups is 2. The maximum Gasteiger partial charge on any atom is 0.303 e. The van der Waals surface area contributed by atoms with Crippen LogP contribution in [0.1, 0.15) is 82.3 Å². The second-order valence-corrected chi connectivity index (χ2v) is 18.3. The quantitative estimate of drug-likeness (QED) is 0.0312. The van der Waals surface area contributed by atoms with Crippen molar-refractivity contribution in [1.29, 1.82) is 0 Å². The first-order valence-corrected chi connectivity index (χ1v) is 24.9. The van der Waals surface area contributed by atoms with Crippen LogP contribution in [0.2, 0.25) is 0 Å². The second kappa shape index (κ2) is 30.8. The number of amides is 8. The minimum absolute atomic E-state index is 0.00968. The highest BCUT2D eigenvalue weighted by Crippen LogP contribution is 2.20. The summed E-state index contributed by atoms with van der Waals surface area (Å²) >= 11 is 0. The number of hydrogen-bond donors (Lipinski definition) is 16. The Bertz CT molecular complexity index is 2530. The Morgan fingerprint density at radius 2 is 1.39 bits per heavy atom. The van der Waals surface area contributed by atoms with E-state index in [1.165, 1.54) is 0 Å². The van der Waals surface area contributed by atoms with Gasteiger partial charge in [-0.15, -0.1) is 0 Å². The highest BCUT2D eigenvalue weighted by molar-refractivity contribution is 5.98. The van der Waals surface area contributed by atoms with Gasteiger partial charge in [0.2, 0.25) is 47.3 Å². The number of hydrogen-bond acceptors (Lipinski definition) is 13. The number of carboxylic acids is 1. The van der Waals surface area contributed by atoms with Crippen molar-refractivity contribution >= 4 is 76.0 Å². The number of carboxylic acid groups (broad SMARTS) is 1. The third-order valence-corrected chi connectivity index (χ3v) is 12.2. The number of para-hydroxylation sites is 1. The van der Waals surface area contributed by atoms with E-state index in [1.807, 2.05) is 24.3 Å². The number of rotatable bonds is 19. The number of H-pyrrole nitrogens is 1. The predicted molar refractivity (Wildman–Crippen MR) is 280 cm³/mol. The Balaban J connectivity index is 1.78. The lowest BCUT2D eigenvalue weighted by Gasteiger charge is -2.31. The number of aromatic amines is 1. The number of fused-ring (bicyclic) bond motifs is 1. The molecule has 0 bridgehead atoms. The van der Waals surface area contributed by atoms with Crippen LogP contribution in [-0.4, -0.2) is 148 Å². The molecule has 0 radical (unpaired) electrons. The molecule has 8 atom stereocenters. The smallest absolute Gasteiger partial charge is 0.303 e. The average molecular weight is 1060 g/mol. The van der Waals surface area contributed by atoms with Gasteiger partial charge in [0.1, 0.15) is 36.4 Å². The van der Waals surface area contributed by atoms with Crippen LogP contribution in [0.4, 0.5) is 0 Å². The molecule has 21 N–H and O–H groups in total. The summed E-state index contributed by atoms with van der Waals surface area (Å²) in [4.78, 5) is 133. The fourth-order valence-corrected chi connectivity index (χ4v) is 8.34. The molecule has 3 aromatic rings. The molecule has 1 aromatic heterocycles. The number of aliphatic hydroxyl groups is 1. The van der Waals surface area contributed by atoms with Crippen LogP contribution in [0.25, 0.3) is 10.9 Å². The van der Waals surface area contributed by atoms with Crippen molar-refractivity contribution in [1.82, 2.24) is 47.5 Å². The Hall–Kier alpha value is -8.33. The molecule has 0 spiro atoms. The predicted octanol–water partition coefficient (Wildman–Crippen LogP) is -3.69. The van der Waals surface area contributed by atoms with Gasteiger partial charge in [-0.25, -0.2) is 0 Å². The van der Waals surface area contributed by atoms with E-state index in [1.54, 1.807) is 36.5 Å². The highest BCUT2D eigenvalue weighted by atomic mass is 16.4. The maximum atomic E-state index is 14.6. The van der Waals surface area contributed by atoms with E-state index in [9.17, 15) is 53.4 Å². The first-order chi connectivity index (χ1) is 36.2. The monoisotopic (exact) mass is 1060 g/mol. The van der Waals surface area contributed by atoms with Crippen molar-refractivity contribution in [2.75, 3.05) is 19.6 Å². The third kappa shape index (κ3) is 20.9. The summed E-state index contributed by atoms with van der Waals surface area (Å²) in [5.41, 5.74) is 29.8. The number of guanidine groups is 2. The molecule has 1 saturated heterocycles. The van der Waals surface area contributed by atoms with Crippen molar-refractivity contribution in [2.45, 2.75) is 132 Å². The van der Waals surface area contributed by atoms with Crippen LogP contribution in [0.5, 0.6) is 0 Å². The number of aliphatic carboxylic acids is 1. The molecular formula is C49H72N16O11. The molecule has 76 heavy (non-hydrogen) atoms. The molecule has 0 aliphatic carbocycles. The van der Waals surface area contributed by atoms with E-state index in [0.29, 0.717) is 11.1 Å². The number of carbonyl (C=O) groups excluding carboxylic acids is 8. The van der Waals surface area contributed by atoms with Gasteiger partial charge >= 0.3 is 5.97 Å². The van der Waals surface area contributed by atoms with E-state index >= 15 is 0 Å². The van der Waals surface area contributed by atoms with Gasteiger partial charge in [0.05, 0.1) is 18.5 Å². The largest absolute Gasteiger partial charge is 0.481 e. The fourth-order valence-electron chi connectivity index (χ4n) is 8.34. The molecule has 27 nitrogen and oxygen atoms in total. The number of nitrogens with two attached hydrogens (primary N) is 5. The summed E-state index contributed by atoms with van der Waals surface area (Å²) in [6.07, 6.45) is -1.29. The Morgan fingerprint density at radius 3 is 2.07 bits per heavy atom. The zero-order valence-electron chi connectivity index (χ0n) is 42.3. The number of nitrogens with zero attached hydrogens (tertiary/aromatic N) is 2. The van der Waals surface area contributed by atoms with Gasteiger partial charge in [-0.2, -0.15) is 0 Å². The van der Waals surface area contributed by atoms with Crippen molar-refractivity contribution < 1.29 is 53.4 Å². The van der Waals surface area contributed by atoms with Crippen LogP contribution in [0.15, 0.2) is 70.8 Å². The number of primary amides is 1. The highest BCUT2D eigenvalue weighted by Gasteiger charge is 2.35. The molecule has 2 aromatic carbocycles. The topological polar surface area (TPSA) is 461 Å². The van der Waals surface area contributed by atoms with E-state index in [0.717, 1.165) is 17.8 Å². The number of carbonyl (C=O) groups is 9. The summed E-state index contributed by atoms with van der Waals surface area (Å²) < 4.78 is 0. The SMILES string of the molecule is CC(=O)N[C@@H](CCCN=C(N)N)C(=O)N[C@H]1CC(=O)NCCCC[C@@H](C(N)=O)NC(=O)[C@H](Cc2c[nH]c3ccccc23)NC(O)[C@H](CCCN=C(N)N)NC(=O)[C@@H](Cc2ccccc2)NC(=O)[C@H](CCC(=O)O)NC1=O. The first-order valence-electron chi connectivity index (χ1n) is 24.9. The first kappa shape index (κ1) is 60.2. The molecule has 0 saturated carbocycles. The van der Waals surface area contributed by atoms with Crippen molar-refractivity contribution in [2.24, 2.45) is 38.7 Å². The van der Waals surface area contributed by atoms with E-state index < -0.39 is 121 Å². The average Bonchev–Trinajstić information content (AvgIpc) is 3.77. The van der Waals surface area contributed by atoms with Gasteiger partial charge in [-0.1, -0.05) is 48.5 Å². The zero-order valence-corrected chi connectivity index (χ0v) is 42.3. The number of benzene rings is 2. The second-order valence-electron chi connectivity index (χ2n) is 18.3. The lowest BCUT2D eigenvalue weighted by Crippen LogP contribution is -2.61. The lowest BCUT2D eigenvalue weighted by molar-refractivity contribution is -0.139. The molecule has 1 aliphatic rings. The van der Waals surface area contributed by atoms with Crippen molar-refractivity contribution in [3.8, 4) is 0 Å². The van der Waals surface area contributed by atoms with E-state index in [-0.39, 0.29) is 89.3 Å². The molecule has 2 heterocycles. The Morgan fingerprint density at radius 1 is 0.750 bits per heavy atom. The zero-order chi connectivity index (χ0) is 55.7. The maximum absolute atomic E-state index is 14.6. The number of aliphatic hydroxyl groups excluding tert-OH is 1. The fraction of sp³-hybridized carbons (Fsp3) is 0.490. The molecule has 1 fully saturated rings. The molecular weight excluding hydrogens is 989 g/mol. The third-order valence-electron chi connectivity index (χ3n) is 12.2. The van der Waals surface area contributed by atoms with Gasteiger partial charge in [-0.3, -0.25) is 58.5 Å².